The Morgan fingerprint density at radius 2 is 1.82 bits per heavy atom. The molecule has 0 aliphatic heterocycles. The van der Waals surface area contributed by atoms with E-state index in [2.05, 4.69) is 15.2 Å². The van der Waals surface area contributed by atoms with Gasteiger partial charge in [0.25, 0.3) is 5.56 Å². The molecule has 8 nitrogen and oxygen atoms in total. The standard InChI is InChI=1S/C24H21ClN6O2/c1-3-18-20(16-8-10-17(25)11-9-16)22-28-27-21-23(31(22)29-18)26-14-30(24(21)32)13-12-15-6-4-5-7-19(15)33-2/h4-11,14H,3,12-13H2,1-2H3. The SMILES string of the molecule is CCc1nn2c(nnc3c(=O)n(CCc4ccccc4OC)cnc32)c1-c1ccc(Cl)cc1. The molecule has 3 aromatic heterocycles. The first kappa shape index (κ1) is 21.1. The Morgan fingerprint density at radius 1 is 1.03 bits per heavy atom. The number of aromatic nitrogens is 6. The van der Waals surface area contributed by atoms with Gasteiger partial charge in [0.2, 0.25) is 0 Å². The third-order valence-electron chi connectivity index (χ3n) is 5.66. The molecule has 0 unspecified atom stereocenters. The van der Waals surface area contributed by atoms with Gasteiger partial charge in [0.05, 0.1) is 18.4 Å². The molecule has 0 aliphatic carbocycles. The first-order valence-corrected chi connectivity index (χ1v) is 11.0. The van der Waals surface area contributed by atoms with E-state index in [-0.39, 0.29) is 11.1 Å². The monoisotopic (exact) mass is 460 g/mol. The average molecular weight is 461 g/mol. The normalized spacial score (nSPS) is 11.4. The number of aryl methyl sites for hydroxylation is 3. The highest BCUT2D eigenvalue weighted by Gasteiger charge is 2.19. The second-order valence-electron chi connectivity index (χ2n) is 7.59. The van der Waals surface area contributed by atoms with Crippen LogP contribution < -0.4 is 10.3 Å². The smallest absolute Gasteiger partial charge is 0.283 e. The third-order valence-corrected chi connectivity index (χ3v) is 5.91. The van der Waals surface area contributed by atoms with Crippen LogP contribution in [0.15, 0.2) is 59.7 Å². The van der Waals surface area contributed by atoms with Crippen LogP contribution in [0.5, 0.6) is 5.75 Å². The van der Waals surface area contributed by atoms with Gasteiger partial charge in [-0.3, -0.25) is 9.36 Å². The lowest BCUT2D eigenvalue weighted by Gasteiger charge is -2.10. The summed E-state index contributed by atoms with van der Waals surface area (Å²) in [6, 6.07) is 15.3. The van der Waals surface area contributed by atoms with Crippen molar-refractivity contribution in [2.24, 2.45) is 0 Å². The van der Waals surface area contributed by atoms with E-state index in [0.29, 0.717) is 35.7 Å². The van der Waals surface area contributed by atoms with Gasteiger partial charge < -0.3 is 4.74 Å². The van der Waals surface area contributed by atoms with Gasteiger partial charge in [0, 0.05) is 11.6 Å². The van der Waals surface area contributed by atoms with E-state index in [1.807, 2.05) is 55.5 Å². The Kier molecular flexibility index (Phi) is 5.51. The Labute approximate surface area is 194 Å². The van der Waals surface area contributed by atoms with Crippen LogP contribution in [-0.2, 0) is 19.4 Å². The molecule has 0 N–H and O–H groups in total. The van der Waals surface area contributed by atoms with Gasteiger partial charge in [-0.1, -0.05) is 48.9 Å². The zero-order valence-electron chi connectivity index (χ0n) is 18.2. The van der Waals surface area contributed by atoms with Crippen molar-refractivity contribution in [3.05, 3.63) is 81.5 Å². The fourth-order valence-corrected chi connectivity index (χ4v) is 4.10. The summed E-state index contributed by atoms with van der Waals surface area (Å²) in [4.78, 5) is 17.7. The maximum Gasteiger partial charge on any atom is 0.283 e. The second kappa shape index (κ2) is 8.63. The molecular formula is C24H21ClN6O2. The molecule has 166 valence electrons. The second-order valence-corrected chi connectivity index (χ2v) is 8.03. The molecule has 0 radical (unpaired) electrons. The maximum atomic E-state index is 13.2. The van der Waals surface area contributed by atoms with Crippen LogP contribution in [0.4, 0.5) is 0 Å². The molecule has 0 amide bonds. The zero-order chi connectivity index (χ0) is 22.9. The maximum absolute atomic E-state index is 13.2. The highest BCUT2D eigenvalue weighted by Crippen LogP contribution is 2.29. The molecule has 33 heavy (non-hydrogen) atoms. The minimum absolute atomic E-state index is 0.179. The van der Waals surface area contributed by atoms with Crippen LogP contribution in [0.2, 0.25) is 5.02 Å². The van der Waals surface area contributed by atoms with Gasteiger partial charge in [-0.2, -0.15) is 9.61 Å². The largest absolute Gasteiger partial charge is 0.496 e. The molecule has 3 heterocycles. The average Bonchev–Trinajstić information content (AvgIpc) is 3.23. The molecule has 9 heteroatoms. The first-order valence-electron chi connectivity index (χ1n) is 10.6. The predicted molar refractivity (Wildman–Crippen MR) is 127 cm³/mol. The molecular weight excluding hydrogens is 440 g/mol. The van der Waals surface area contributed by atoms with Crippen molar-refractivity contribution >= 4 is 28.4 Å². The minimum Gasteiger partial charge on any atom is -0.496 e. The van der Waals surface area contributed by atoms with Gasteiger partial charge in [0.1, 0.15) is 12.1 Å². The van der Waals surface area contributed by atoms with Crippen molar-refractivity contribution in [3.8, 4) is 16.9 Å². The van der Waals surface area contributed by atoms with Crippen molar-refractivity contribution in [1.82, 2.24) is 29.4 Å². The Morgan fingerprint density at radius 3 is 2.58 bits per heavy atom. The predicted octanol–water partition coefficient (Wildman–Crippen LogP) is 3.97. The number of rotatable bonds is 6. The number of ether oxygens (including phenoxy) is 1. The summed E-state index contributed by atoms with van der Waals surface area (Å²) in [7, 11) is 1.64. The van der Waals surface area contributed by atoms with Crippen molar-refractivity contribution in [2.75, 3.05) is 7.11 Å². The van der Waals surface area contributed by atoms with Gasteiger partial charge in [-0.25, -0.2) is 4.98 Å². The first-order chi connectivity index (χ1) is 16.1. The van der Waals surface area contributed by atoms with E-state index < -0.39 is 0 Å². The van der Waals surface area contributed by atoms with Gasteiger partial charge >= 0.3 is 0 Å². The Bertz CT molecular complexity index is 1520. The number of benzene rings is 2. The topological polar surface area (TPSA) is 87.2 Å². The molecule has 5 aromatic rings. The third kappa shape index (κ3) is 3.72. The van der Waals surface area contributed by atoms with E-state index >= 15 is 0 Å². The Balaban J connectivity index is 1.58. The molecule has 0 saturated heterocycles. The lowest BCUT2D eigenvalue weighted by Crippen LogP contribution is -2.24. The highest BCUT2D eigenvalue weighted by atomic mass is 35.5. The van der Waals surface area contributed by atoms with Crippen molar-refractivity contribution < 1.29 is 4.74 Å². The molecule has 0 atom stereocenters. The molecule has 2 aromatic carbocycles. The number of para-hydroxylation sites is 1. The summed E-state index contributed by atoms with van der Waals surface area (Å²) in [6.45, 7) is 2.46. The number of halogens is 1. The number of nitrogens with zero attached hydrogens (tertiary/aromatic N) is 6. The number of fused-ring (bicyclic) bond motifs is 3. The lowest BCUT2D eigenvalue weighted by atomic mass is 10.0. The fourth-order valence-electron chi connectivity index (χ4n) is 3.97. The van der Waals surface area contributed by atoms with E-state index in [1.54, 1.807) is 16.2 Å². The molecule has 0 spiro atoms. The summed E-state index contributed by atoms with van der Waals surface area (Å²) in [5, 5.41) is 14.0. The van der Waals surface area contributed by atoms with E-state index in [9.17, 15) is 4.79 Å². The van der Waals surface area contributed by atoms with Crippen LogP contribution in [0, 0.1) is 0 Å². The van der Waals surface area contributed by atoms with E-state index in [1.165, 1.54) is 6.33 Å². The summed E-state index contributed by atoms with van der Waals surface area (Å²) in [6.07, 6.45) is 2.85. The summed E-state index contributed by atoms with van der Waals surface area (Å²) < 4.78 is 8.55. The van der Waals surface area contributed by atoms with Crippen LogP contribution in [0.3, 0.4) is 0 Å². The molecule has 0 saturated carbocycles. The number of hydrogen-bond acceptors (Lipinski definition) is 6. The van der Waals surface area contributed by atoms with Gasteiger partial charge in [0.15, 0.2) is 16.8 Å². The molecule has 0 bridgehead atoms. The zero-order valence-corrected chi connectivity index (χ0v) is 19.0. The van der Waals surface area contributed by atoms with Crippen LogP contribution >= 0.6 is 11.6 Å². The number of hydrogen-bond donors (Lipinski definition) is 0. The summed E-state index contributed by atoms with van der Waals surface area (Å²) in [5.74, 6) is 0.791. The quantitative estimate of drug-likeness (QED) is 0.381. The van der Waals surface area contributed by atoms with Crippen LogP contribution in [-0.4, -0.2) is 36.5 Å². The van der Waals surface area contributed by atoms with Crippen LogP contribution in [0.1, 0.15) is 18.2 Å². The lowest BCUT2D eigenvalue weighted by molar-refractivity contribution is 0.408. The van der Waals surface area contributed by atoms with Crippen molar-refractivity contribution in [2.45, 2.75) is 26.3 Å². The number of methoxy groups -OCH3 is 1. The highest BCUT2D eigenvalue weighted by molar-refractivity contribution is 6.30. The molecule has 0 aliphatic rings. The fraction of sp³-hybridized carbons (Fsp3) is 0.208. The van der Waals surface area contributed by atoms with Crippen molar-refractivity contribution in [1.29, 1.82) is 0 Å². The minimum atomic E-state index is -0.258. The summed E-state index contributed by atoms with van der Waals surface area (Å²) in [5.41, 5.74) is 4.52. The van der Waals surface area contributed by atoms with E-state index in [0.717, 1.165) is 28.1 Å². The molecule has 5 rings (SSSR count). The van der Waals surface area contributed by atoms with Crippen molar-refractivity contribution in [3.63, 3.8) is 0 Å². The Hall–Kier alpha value is -3.78. The van der Waals surface area contributed by atoms with Crippen LogP contribution in [0.25, 0.3) is 27.9 Å². The van der Waals surface area contributed by atoms with Gasteiger partial charge in [-0.15, -0.1) is 10.2 Å². The van der Waals surface area contributed by atoms with Gasteiger partial charge in [-0.05, 0) is 42.2 Å². The molecule has 0 fully saturated rings. The van der Waals surface area contributed by atoms with E-state index in [4.69, 9.17) is 21.4 Å². The summed E-state index contributed by atoms with van der Waals surface area (Å²) >= 11 is 6.05.